The molecule has 0 radical (unpaired) electrons. The molecule has 0 amide bonds. The van der Waals surface area contributed by atoms with Gasteiger partial charge in [0.1, 0.15) is 0 Å². The summed E-state index contributed by atoms with van der Waals surface area (Å²) in [4.78, 5) is 27.7. The minimum absolute atomic E-state index is 0.195. The first-order valence-electron chi connectivity index (χ1n) is 53.1. The Balaban J connectivity index is 0.860. The van der Waals surface area contributed by atoms with E-state index in [2.05, 4.69) is 142 Å². The maximum atomic E-state index is 13.8. The van der Waals surface area contributed by atoms with Gasteiger partial charge in [-0.25, -0.2) is 9.59 Å². The summed E-state index contributed by atoms with van der Waals surface area (Å²) in [6.07, 6.45) is 50.1. The number of hydrogen-bond acceptors (Lipinski definition) is 16. The van der Waals surface area contributed by atoms with Gasteiger partial charge in [-0.2, -0.15) is 0 Å². The van der Waals surface area contributed by atoms with Crippen molar-refractivity contribution < 1.29 is 75.9 Å². The van der Waals surface area contributed by atoms with Crippen molar-refractivity contribution in [3.8, 4) is 69.0 Å². The van der Waals surface area contributed by atoms with Crippen molar-refractivity contribution >= 4 is 76.6 Å². The lowest BCUT2D eigenvalue weighted by atomic mass is 9.93. The van der Waals surface area contributed by atoms with Crippen molar-refractivity contribution in [1.82, 2.24) is 0 Å². The maximum Gasteiger partial charge on any atom is 0.339 e. The topological polar surface area (TPSA) is 163 Å². The van der Waals surface area contributed by atoms with E-state index in [4.69, 9.17) is 66.3 Å². The van der Waals surface area contributed by atoms with Crippen LogP contribution in [0.2, 0.25) is 0 Å². The highest BCUT2D eigenvalue weighted by Gasteiger charge is 2.26. The van der Waals surface area contributed by atoms with Crippen LogP contribution in [0.1, 0.15) is 398 Å². The van der Waals surface area contributed by atoms with Crippen LogP contribution in [0, 0.1) is 0 Å². The van der Waals surface area contributed by atoms with E-state index in [0.717, 1.165) is 355 Å². The van der Waals surface area contributed by atoms with E-state index in [-0.39, 0.29) is 24.3 Å². The Hall–Kier alpha value is -8.92. The van der Waals surface area contributed by atoms with Gasteiger partial charge in [0.2, 0.25) is 0 Å². The van der Waals surface area contributed by atoms with E-state index in [9.17, 15) is 9.59 Å². The molecular weight excluding hydrogens is 1650 g/mol. The summed E-state index contributed by atoms with van der Waals surface area (Å²) in [6.45, 7) is 29.8. The monoisotopic (exact) mass is 1820 g/mol. The van der Waals surface area contributed by atoms with Gasteiger partial charge >= 0.3 is 11.9 Å². The second-order valence-corrected chi connectivity index (χ2v) is 36.5. The molecule has 0 aromatic heterocycles. The van der Waals surface area contributed by atoms with E-state index >= 15 is 0 Å². The highest BCUT2D eigenvalue weighted by atomic mass is 16.6. The Morgan fingerprint density at radius 1 is 0.159 bits per heavy atom. The number of carbonyl (C=O) groups excluding carboxylic acids is 2. The average Bonchev–Trinajstić information content (AvgIpc) is 0.729. The number of carbonyl (C=O) groups is 2. The molecule has 16 nitrogen and oxygen atoms in total. The summed E-state index contributed by atoms with van der Waals surface area (Å²) >= 11 is 0. The molecule has 9 rings (SSSR count). The van der Waals surface area contributed by atoms with Crippen LogP contribution in [0.5, 0.6) is 69.0 Å². The molecule has 0 aliphatic rings. The number of benzene rings is 9. The Labute approximate surface area is 795 Å². The third-order valence-corrected chi connectivity index (χ3v) is 25.2. The molecule has 9 aromatic rings. The van der Waals surface area contributed by atoms with Gasteiger partial charge in [0.15, 0.2) is 69.0 Å². The summed E-state index contributed by atoms with van der Waals surface area (Å²) in [5, 5.41) is 12.5. The van der Waals surface area contributed by atoms with Gasteiger partial charge < -0.3 is 66.3 Å². The zero-order chi connectivity index (χ0) is 93.2. The first-order valence-corrected chi connectivity index (χ1v) is 53.1. The lowest BCUT2D eigenvalue weighted by molar-refractivity contribution is 0.0450. The predicted octanol–water partition coefficient (Wildman–Crippen LogP) is 33.8. The van der Waals surface area contributed by atoms with Crippen molar-refractivity contribution in [1.29, 1.82) is 0 Å². The van der Waals surface area contributed by atoms with E-state index in [1.54, 1.807) is 24.3 Å². The smallest absolute Gasteiger partial charge is 0.339 e. The van der Waals surface area contributed by atoms with Crippen molar-refractivity contribution in [2.45, 2.75) is 377 Å². The van der Waals surface area contributed by atoms with Gasteiger partial charge in [0, 0.05) is 0 Å². The lowest BCUT2D eigenvalue weighted by Gasteiger charge is -2.21. The first-order chi connectivity index (χ1) is 65.1. The highest BCUT2D eigenvalue weighted by molar-refractivity contribution is 6.28. The minimum Gasteiger partial charge on any atom is -0.490 e. The molecule has 16 heteroatoms. The third-order valence-electron chi connectivity index (χ3n) is 25.2. The largest absolute Gasteiger partial charge is 0.490 e. The summed E-state index contributed by atoms with van der Waals surface area (Å²) < 4.78 is 93.2. The first kappa shape index (κ1) is 107. The Morgan fingerprint density at radius 2 is 0.273 bits per heavy atom. The van der Waals surface area contributed by atoms with E-state index in [1.165, 1.54) is 51.4 Å². The number of ether oxygens (including phenoxy) is 14. The fourth-order valence-electron chi connectivity index (χ4n) is 17.3. The quantitative estimate of drug-likeness (QED) is 0.0201. The molecule has 0 heterocycles. The second kappa shape index (κ2) is 64.1. The molecule has 9 aromatic carbocycles. The lowest BCUT2D eigenvalue weighted by Crippen LogP contribution is -2.15. The van der Waals surface area contributed by atoms with Crippen LogP contribution in [0.15, 0.2) is 97.1 Å². The maximum absolute atomic E-state index is 13.8. The Bertz CT molecular complexity index is 4360. The van der Waals surface area contributed by atoms with Crippen LogP contribution in [-0.2, 0) is 9.47 Å². The molecule has 0 fully saturated rings. The summed E-state index contributed by atoms with van der Waals surface area (Å²) in [5.41, 5.74) is 0.390. The molecule has 0 aliphatic heterocycles. The van der Waals surface area contributed by atoms with E-state index < -0.39 is 11.9 Å². The van der Waals surface area contributed by atoms with Crippen molar-refractivity contribution in [3.05, 3.63) is 108 Å². The molecule has 0 saturated heterocycles. The third kappa shape index (κ3) is 35.4. The SMILES string of the molecule is CCCCCCOc1cc2c3cc(OCCCCCC)c(OCCCCCC)cc3c3cc(OCCCCCCOC(=O)c4ccccc4C(=O)OCCCCCCOc4cc5c6cc(OCCCCCC)c(OCCCCCC)cc6c6cc(OCCCCCC)c(OCCCCCC)cc6c5cc4OCCCCCC)c(OCCCCCC)cc3c2cc1OCCCCCC. The van der Waals surface area contributed by atoms with Crippen LogP contribution in [-0.4, -0.2) is 104 Å². The molecule has 0 atom stereocenters. The average molecular weight is 1820 g/mol. The zero-order valence-electron chi connectivity index (χ0n) is 83.6. The van der Waals surface area contributed by atoms with Crippen molar-refractivity contribution in [2.75, 3.05) is 92.5 Å². The number of fused-ring (bicyclic) bond motifs is 12. The van der Waals surface area contributed by atoms with E-state index in [1.807, 2.05) is 0 Å². The van der Waals surface area contributed by atoms with Gasteiger partial charge in [-0.05, 0) is 265 Å². The highest BCUT2D eigenvalue weighted by Crippen LogP contribution is 2.51. The van der Waals surface area contributed by atoms with E-state index in [0.29, 0.717) is 115 Å². The van der Waals surface area contributed by atoms with Crippen molar-refractivity contribution in [2.24, 2.45) is 0 Å². The summed E-state index contributed by atoms with van der Waals surface area (Å²) in [7, 11) is 0. The molecule has 0 N–H and O–H groups in total. The molecule has 0 bridgehead atoms. The van der Waals surface area contributed by atoms with Crippen LogP contribution >= 0.6 is 0 Å². The van der Waals surface area contributed by atoms with Crippen LogP contribution < -0.4 is 56.8 Å². The predicted molar refractivity (Wildman–Crippen MR) is 549 cm³/mol. The van der Waals surface area contributed by atoms with Crippen LogP contribution in [0.3, 0.4) is 0 Å². The number of unbranched alkanes of at least 4 members (excludes halogenated alkanes) is 36. The normalized spacial score (nSPS) is 11.5. The molecule has 0 saturated carbocycles. The van der Waals surface area contributed by atoms with Crippen LogP contribution in [0.25, 0.3) is 64.6 Å². The molecule has 0 unspecified atom stereocenters. The minimum atomic E-state index is -0.545. The summed E-state index contributed by atoms with van der Waals surface area (Å²) in [6, 6.07) is 33.2. The zero-order valence-corrected chi connectivity index (χ0v) is 83.6. The number of esters is 2. The van der Waals surface area contributed by atoms with Gasteiger partial charge in [0.25, 0.3) is 0 Å². The molecule has 730 valence electrons. The fourth-order valence-corrected chi connectivity index (χ4v) is 17.3. The Kier molecular flexibility index (Phi) is 51.9. The van der Waals surface area contributed by atoms with Gasteiger partial charge in [-0.1, -0.05) is 274 Å². The second-order valence-electron chi connectivity index (χ2n) is 36.5. The number of hydrogen-bond donors (Lipinski definition) is 0. The standard InChI is InChI=1S/C116H170O16/c1-11-21-31-47-63-119-103-77-91-93-79-105(121-65-49-33-23-13-3)109(125-69-53-37-27-17-7)83-97(93)101-87-113(111(127-71-55-39-29-19-9)85-99(101)95(91)81-107(103)123-67-51-35-25-15-5)129-73-57-41-43-59-75-131-115(117)89-61-45-46-62-90(89)116(118)132-76-60-44-42-58-74-130-114-88-102-98-84-110(126-70-54-38-28-18-8)106(122-66-50-34-24-14-4)80-94(98)92-78-104(120-64-48-32-22-12-2)108(124-68-52-36-26-16-6)82-96(92)100(102)86-112(114)128-72-56-40-30-20-10/h45-46,61-62,77-88H,11-44,47-60,63-76H2,1-10H3. The van der Waals surface area contributed by atoms with Crippen LogP contribution in [0.4, 0.5) is 0 Å². The van der Waals surface area contributed by atoms with Crippen molar-refractivity contribution in [3.63, 3.8) is 0 Å². The molecule has 132 heavy (non-hydrogen) atoms. The molecular formula is C116H170O16. The molecule has 0 spiro atoms. The Morgan fingerprint density at radius 3 is 0.394 bits per heavy atom. The molecule has 0 aliphatic carbocycles. The summed E-state index contributed by atoms with van der Waals surface area (Å²) in [5.74, 6) is 7.79. The van der Waals surface area contributed by atoms with Gasteiger partial charge in [-0.3, -0.25) is 0 Å². The van der Waals surface area contributed by atoms with Gasteiger partial charge in [-0.15, -0.1) is 0 Å². The van der Waals surface area contributed by atoms with Gasteiger partial charge in [0.05, 0.1) is 104 Å². The number of rotatable bonds is 78. The fraction of sp³-hybridized carbons (Fsp3) is 0.621.